The van der Waals surface area contributed by atoms with Crippen LogP contribution in [0.15, 0.2) is 4.99 Å². The van der Waals surface area contributed by atoms with E-state index in [1.807, 2.05) is 11.8 Å². The summed E-state index contributed by atoms with van der Waals surface area (Å²) >= 11 is 0. The van der Waals surface area contributed by atoms with Gasteiger partial charge in [0, 0.05) is 39.8 Å². The molecule has 3 rings (SSSR count). The molecule has 0 spiro atoms. The van der Waals surface area contributed by atoms with Gasteiger partial charge >= 0.3 is 6.03 Å². The summed E-state index contributed by atoms with van der Waals surface area (Å²) in [6, 6.07) is -0.787. The van der Waals surface area contributed by atoms with E-state index in [1.54, 1.807) is 7.05 Å². The first-order valence-corrected chi connectivity index (χ1v) is 7.01. The summed E-state index contributed by atoms with van der Waals surface area (Å²) in [4.78, 5) is 34.2. The molecular weight excluding hydrogens is 260 g/mol. The molecule has 2 fully saturated rings. The fourth-order valence-corrected chi connectivity index (χ4v) is 2.98. The van der Waals surface area contributed by atoms with Crippen molar-refractivity contribution < 1.29 is 9.59 Å². The van der Waals surface area contributed by atoms with E-state index in [0.717, 1.165) is 32.1 Å². The van der Waals surface area contributed by atoms with Crippen LogP contribution in [-0.2, 0) is 4.79 Å². The summed E-state index contributed by atoms with van der Waals surface area (Å²) < 4.78 is 0. The van der Waals surface area contributed by atoms with Crippen molar-refractivity contribution in [3.05, 3.63) is 0 Å². The molecule has 20 heavy (non-hydrogen) atoms. The number of nitrogens with one attached hydrogen (secondary N) is 2. The maximum Gasteiger partial charge on any atom is 0.325 e. The van der Waals surface area contributed by atoms with E-state index in [0.29, 0.717) is 6.54 Å². The molecule has 3 heterocycles. The highest BCUT2D eigenvalue weighted by atomic mass is 16.2. The largest absolute Gasteiger partial charge is 0.340 e. The summed E-state index contributed by atoms with van der Waals surface area (Å²) in [5.41, 5.74) is 0. The molecule has 0 aliphatic carbocycles. The molecule has 0 aromatic carbocycles. The number of imide groups is 1. The summed E-state index contributed by atoms with van der Waals surface area (Å²) in [6.07, 6.45) is -0.416. The molecule has 8 nitrogen and oxygen atoms in total. The van der Waals surface area contributed by atoms with Crippen LogP contribution in [0, 0.1) is 0 Å². The van der Waals surface area contributed by atoms with Crippen LogP contribution < -0.4 is 10.6 Å². The molecule has 3 aliphatic rings. The average Bonchev–Trinajstić information content (AvgIpc) is 2.86. The van der Waals surface area contributed by atoms with E-state index in [2.05, 4.69) is 20.5 Å². The second-order valence-corrected chi connectivity index (χ2v) is 5.22. The quantitative estimate of drug-likeness (QED) is 0.608. The Balaban J connectivity index is 1.90. The van der Waals surface area contributed by atoms with E-state index in [-0.39, 0.29) is 11.9 Å². The fraction of sp³-hybridized carbons (Fsp3) is 0.750. The molecule has 8 heteroatoms. The van der Waals surface area contributed by atoms with Gasteiger partial charge in [0.15, 0.2) is 18.2 Å². The van der Waals surface area contributed by atoms with Gasteiger partial charge < -0.3 is 20.0 Å². The van der Waals surface area contributed by atoms with Gasteiger partial charge in [0.2, 0.25) is 0 Å². The standard InChI is InChI=1S/C12H20N6O2/c1-3-18-8-9(16(2)12(20)15-10(8)19)14-11(18)17-6-4-13-5-7-17/h8-9,13H,3-7H2,1-2H3,(H,15,19,20). The van der Waals surface area contributed by atoms with Gasteiger partial charge in [-0.25, -0.2) is 9.79 Å². The van der Waals surface area contributed by atoms with E-state index in [9.17, 15) is 9.59 Å². The molecule has 0 saturated carbocycles. The van der Waals surface area contributed by atoms with E-state index < -0.39 is 12.2 Å². The lowest BCUT2D eigenvalue weighted by molar-refractivity contribution is -0.127. The molecule has 110 valence electrons. The summed E-state index contributed by atoms with van der Waals surface area (Å²) in [7, 11) is 1.68. The summed E-state index contributed by atoms with van der Waals surface area (Å²) in [5.74, 6) is 0.578. The van der Waals surface area contributed by atoms with Crippen LogP contribution in [0.25, 0.3) is 0 Å². The fourth-order valence-electron chi connectivity index (χ4n) is 2.98. The minimum atomic E-state index is -0.416. The van der Waals surface area contributed by atoms with Gasteiger partial charge in [0.1, 0.15) is 0 Å². The normalized spacial score (nSPS) is 30.3. The predicted octanol–water partition coefficient (Wildman–Crippen LogP) is -1.54. The third-order valence-electron chi connectivity index (χ3n) is 4.08. The Kier molecular flexibility index (Phi) is 3.25. The second-order valence-electron chi connectivity index (χ2n) is 5.22. The van der Waals surface area contributed by atoms with Crippen molar-refractivity contribution in [2.75, 3.05) is 39.8 Å². The summed E-state index contributed by atoms with van der Waals surface area (Å²) in [6.45, 7) is 6.25. The number of guanidine groups is 1. The number of likely N-dealkylation sites (N-methyl/N-ethyl adjacent to an activating group) is 2. The van der Waals surface area contributed by atoms with Crippen LogP contribution in [0.3, 0.4) is 0 Å². The average molecular weight is 280 g/mol. The Morgan fingerprint density at radius 2 is 2.00 bits per heavy atom. The number of carbonyl (C=O) groups excluding carboxylic acids is 2. The van der Waals surface area contributed by atoms with Crippen molar-refractivity contribution in [2.24, 2.45) is 4.99 Å². The lowest BCUT2D eigenvalue weighted by Gasteiger charge is -2.38. The van der Waals surface area contributed by atoms with Gasteiger partial charge in [-0.1, -0.05) is 0 Å². The lowest BCUT2D eigenvalue weighted by Crippen LogP contribution is -2.64. The van der Waals surface area contributed by atoms with Gasteiger partial charge in [-0.3, -0.25) is 10.1 Å². The molecule has 3 amide bonds. The lowest BCUT2D eigenvalue weighted by atomic mass is 10.1. The Morgan fingerprint density at radius 3 is 2.65 bits per heavy atom. The van der Waals surface area contributed by atoms with Crippen LogP contribution >= 0.6 is 0 Å². The maximum absolute atomic E-state index is 12.1. The molecule has 0 radical (unpaired) electrons. The second kappa shape index (κ2) is 4.93. The monoisotopic (exact) mass is 280 g/mol. The number of hydrogen-bond acceptors (Lipinski definition) is 6. The van der Waals surface area contributed by atoms with E-state index >= 15 is 0 Å². The minimum absolute atomic E-state index is 0.256. The number of rotatable bonds is 1. The smallest absolute Gasteiger partial charge is 0.325 e. The maximum atomic E-state index is 12.1. The number of aliphatic imine (C=N–C) groups is 1. The van der Waals surface area contributed by atoms with Gasteiger partial charge in [-0.2, -0.15) is 0 Å². The first-order valence-electron chi connectivity index (χ1n) is 7.01. The molecule has 2 saturated heterocycles. The topological polar surface area (TPSA) is 80.3 Å². The van der Waals surface area contributed by atoms with Crippen LogP contribution in [0.1, 0.15) is 6.92 Å². The Bertz CT molecular complexity index is 459. The van der Waals surface area contributed by atoms with Crippen LogP contribution in [-0.4, -0.2) is 84.6 Å². The van der Waals surface area contributed by atoms with Gasteiger partial charge in [-0.15, -0.1) is 0 Å². The zero-order valence-electron chi connectivity index (χ0n) is 11.8. The number of piperazine rings is 1. The number of urea groups is 1. The first kappa shape index (κ1) is 13.2. The first-order chi connectivity index (χ1) is 9.63. The van der Waals surface area contributed by atoms with Crippen molar-refractivity contribution in [1.29, 1.82) is 0 Å². The Labute approximate surface area is 117 Å². The number of nitrogens with zero attached hydrogens (tertiary/aromatic N) is 4. The Hall–Kier alpha value is -1.83. The number of carbonyl (C=O) groups is 2. The third-order valence-corrected chi connectivity index (χ3v) is 4.08. The predicted molar refractivity (Wildman–Crippen MR) is 73.1 cm³/mol. The van der Waals surface area contributed by atoms with Crippen molar-refractivity contribution in [3.8, 4) is 0 Å². The van der Waals surface area contributed by atoms with Crippen molar-refractivity contribution in [2.45, 2.75) is 19.1 Å². The van der Waals surface area contributed by atoms with Crippen LogP contribution in [0.4, 0.5) is 4.79 Å². The zero-order valence-corrected chi connectivity index (χ0v) is 11.8. The SMILES string of the molecule is CCN1C(N2CCNCC2)=NC2C1C(=O)NC(=O)N2C. The molecule has 2 N–H and O–H groups in total. The Morgan fingerprint density at radius 1 is 1.30 bits per heavy atom. The molecular formula is C12H20N6O2. The molecule has 0 bridgehead atoms. The molecule has 0 aromatic heterocycles. The number of hydrogen-bond donors (Lipinski definition) is 2. The van der Waals surface area contributed by atoms with Gasteiger partial charge in [-0.05, 0) is 6.92 Å². The molecule has 2 atom stereocenters. The van der Waals surface area contributed by atoms with Crippen LogP contribution in [0.2, 0.25) is 0 Å². The highest BCUT2D eigenvalue weighted by molar-refractivity contribution is 6.03. The molecule has 2 unspecified atom stereocenters. The van der Waals surface area contributed by atoms with Crippen molar-refractivity contribution >= 4 is 17.9 Å². The number of amides is 3. The number of fused-ring (bicyclic) bond motifs is 1. The highest BCUT2D eigenvalue weighted by Crippen LogP contribution is 2.25. The van der Waals surface area contributed by atoms with Crippen LogP contribution in [0.5, 0.6) is 0 Å². The molecule has 0 aromatic rings. The zero-order chi connectivity index (χ0) is 14.3. The van der Waals surface area contributed by atoms with Crippen molar-refractivity contribution in [3.63, 3.8) is 0 Å². The van der Waals surface area contributed by atoms with Gasteiger partial charge in [0.05, 0.1) is 0 Å². The third kappa shape index (κ3) is 1.91. The highest BCUT2D eigenvalue weighted by Gasteiger charge is 2.49. The van der Waals surface area contributed by atoms with E-state index in [4.69, 9.17) is 0 Å². The summed E-state index contributed by atoms with van der Waals surface area (Å²) in [5, 5.41) is 5.69. The van der Waals surface area contributed by atoms with Crippen molar-refractivity contribution in [1.82, 2.24) is 25.3 Å². The van der Waals surface area contributed by atoms with Gasteiger partial charge in [0.25, 0.3) is 5.91 Å². The van der Waals surface area contributed by atoms with E-state index in [1.165, 1.54) is 4.90 Å². The minimum Gasteiger partial charge on any atom is -0.340 e. The molecule has 3 aliphatic heterocycles.